The molecule has 3 N–H and O–H groups in total. The third-order valence-corrected chi connectivity index (χ3v) is 3.91. The minimum atomic E-state index is -3.84. The van der Waals surface area contributed by atoms with Gasteiger partial charge in [-0.1, -0.05) is 12.1 Å². The summed E-state index contributed by atoms with van der Waals surface area (Å²) in [6.07, 6.45) is 0. The Hall–Kier alpha value is -0.980. The fraction of sp³-hybridized carbons (Fsp3) is 0.400. The highest BCUT2D eigenvalue weighted by atomic mass is 32.2. The number of hydrogen-bond acceptors (Lipinski definition) is 3. The smallest absolute Gasteiger partial charge is 0.244 e. The van der Waals surface area contributed by atoms with E-state index in [1.165, 1.54) is 6.07 Å². The van der Waals surface area contributed by atoms with E-state index in [1.807, 2.05) is 0 Å². The highest BCUT2D eigenvalue weighted by Crippen LogP contribution is 2.18. The lowest BCUT2D eigenvalue weighted by Gasteiger charge is -2.14. The van der Waals surface area contributed by atoms with E-state index in [-0.39, 0.29) is 11.4 Å². The van der Waals surface area contributed by atoms with Gasteiger partial charge in [-0.05, 0) is 25.5 Å². The first-order valence-corrected chi connectivity index (χ1v) is 6.34. The van der Waals surface area contributed by atoms with Crippen molar-refractivity contribution in [1.29, 1.82) is 0 Å². The van der Waals surface area contributed by atoms with Crippen molar-refractivity contribution in [3.63, 3.8) is 0 Å². The molecule has 16 heavy (non-hydrogen) atoms. The van der Waals surface area contributed by atoms with Crippen molar-refractivity contribution in [2.45, 2.75) is 24.8 Å². The second-order valence-corrected chi connectivity index (χ2v) is 5.29. The van der Waals surface area contributed by atoms with Gasteiger partial charge in [0.05, 0.1) is 0 Å². The molecule has 90 valence electrons. The second kappa shape index (κ2) is 4.90. The van der Waals surface area contributed by atoms with Gasteiger partial charge in [-0.15, -0.1) is 0 Å². The number of aryl methyl sites for hydroxylation is 1. The molecule has 0 heterocycles. The zero-order chi connectivity index (χ0) is 12.3. The van der Waals surface area contributed by atoms with Gasteiger partial charge in [0, 0.05) is 12.6 Å². The maximum Gasteiger partial charge on any atom is 0.244 e. The Kier molecular flexibility index (Phi) is 4.01. The predicted octanol–water partition coefficient (Wildman–Crippen LogP) is 0.760. The van der Waals surface area contributed by atoms with Crippen LogP contribution in [0.3, 0.4) is 0 Å². The maximum atomic E-state index is 13.5. The van der Waals surface area contributed by atoms with Crippen LogP contribution in [0.4, 0.5) is 4.39 Å². The molecule has 0 spiro atoms. The van der Waals surface area contributed by atoms with Gasteiger partial charge in [0.1, 0.15) is 10.7 Å². The number of benzene rings is 1. The molecule has 0 saturated carbocycles. The average Bonchev–Trinajstić information content (AvgIpc) is 2.16. The monoisotopic (exact) mass is 246 g/mol. The molecule has 0 saturated heterocycles. The van der Waals surface area contributed by atoms with Crippen molar-refractivity contribution in [2.24, 2.45) is 5.73 Å². The van der Waals surface area contributed by atoms with Crippen molar-refractivity contribution >= 4 is 10.0 Å². The van der Waals surface area contributed by atoms with Crippen LogP contribution in [-0.4, -0.2) is 21.0 Å². The molecule has 0 aliphatic carbocycles. The summed E-state index contributed by atoms with van der Waals surface area (Å²) >= 11 is 0. The number of rotatable bonds is 4. The first-order chi connectivity index (χ1) is 7.38. The molecule has 0 aromatic heterocycles. The normalized spacial score (nSPS) is 13.8. The van der Waals surface area contributed by atoms with Gasteiger partial charge < -0.3 is 5.73 Å². The first-order valence-electron chi connectivity index (χ1n) is 4.86. The highest BCUT2D eigenvalue weighted by Gasteiger charge is 2.22. The largest absolute Gasteiger partial charge is 0.329 e. The SMILES string of the molecule is Cc1cccc(F)c1S(=O)(=O)N[C@@H](C)CN. The van der Waals surface area contributed by atoms with Crippen LogP contribution < -0.4 is 10.5 Å². The summed E-state index contributed by atoms with van der Waals surface area (Å²) in [6, 6.07) is 3.71. The van der Waals surface area contributed by atoms with Crippen LogP contribution >= 0.6 is 0 Å². The van der Waals surface area contributed by atoms with Crippen molar-refractivity contribution in [3.8, 4) is 0 Å². The van der Waals surface area contributed by atoms with Gasteiger partial charge in [0.15, 0.2) is 0 Å². The van der Waals surface area contributed by atoms with Crippen LogP contribution in [-0.2, 0) is 10.0 Å². The lowest BCUT2D eigenvalue weighted by molar-refractivity contribution is 0.542. The van der Waals surface area contributed by atoms with E-state index < -0.39 is 21.9 Å². The topological polar surface area (TPSA) is 72.2 Å². The van der Waals surface area contributed by atoms with E-state index >= 15 is 0 Å². The Balaban J connectivity index is 3.17. The lowest BCUT2D eigenvalue weighted by Crippen LogP contribution is -2.38. The molecule has 0 bridgehead atoms. The summed E-state index contributed by atoms with van der Waals surface area (Å²) in [5.41, 5.74) is 5.68. The molecule has 1 atom stereocenters. The molecular formula is C10H15FN2O2S. The van der Waals surface area contributed by atoms with Gasteiger partial charge in [0.2, 0.25) is 10.0 Å². The van der Waals surface area contributed by atoms with Gasteiger partial charge in [-0.3, -0.25) is 0 Å². The molecule has 1 rings (SSSR count). The van der Waals surface area contributed by atoms with E-state index in [0.717, 1.165) is 6.07 Å². The van der Waals surface area contributed by atoms with Gasteiger partial charge in [-0.2, -0.15) is 0 Å². The third kappa shape index (κ3) is 2.78. The standard InChI is InChI=1S/C10H15FN2O2S/c1-7-4-3-5-9(11)10(7)16(14,15)13-8(2)6-12/h3-5,8,13H,6,12H2,1-2H3/t8-/m0/s1. The van der Waals surface area contributed by atoms with Crippen LogP contribution in [0, 0.1) is 12.7 Å². The second-order valence-electron chi connectivity index (χ2n) is 3.64. The molecule has 1 aromatic rings. The van der Waals surface area contributed by atoms with Crippen LogP contribution in [0.2, 0.25) is 0 Å². The zero-order valence-corrected chi connectivity index (χ0v) is 10.0. The molecule has 6 heteroatoms. The Morgan fingerprint density at radius 3 is 2.62 bits per heavy atom. The average molecular weight is 246 g/mol. The summed E-state index contributed by atoms with van der Waals surface area (Å²) < 4.78 is 39.4. The summed E-state index contributed by atoms with van der Waals surface area (Å²) in [7, 11) is -3.84. The number of halogens is 1. The molecule has 0 aliphatic rings. The van der Waals surface area contributed by atoms with Gasteiger partial charge in [0.25, 0.3) is 0 Å². The summed E-state index contributed by atoms with van der Waals surface area (Å²) in [5, 5.41) is 0. The van der Waals surface area contributed by atoms with Crippen LogP contribution in [0.25, 0.3) is 0 Å². The van der Waals surface area contributed by atoms with E-state index in [9.17, 15) is 12.8 Å². The molecule has 0 amide bonds. The quantitative estimate of drug-likeness (QED) is 0.823. The molecule has 0 unspecified atom stereocenters. The minimum absolute atomic E-state index is 0.159. The number of nitrogens with two attached hydrogens (primary N) is 1. The van der Waals surface area contributed by atoms with E-state index in [4.69, 9.17) is 5.73 Å². The predicted molar refractivity (Wildman–Crippen MR) is 60.0 cm³/mol. The van der Waals surface area contributed by atoms with Crippen LogP contribution in [0.1, 0.15) is 12.5 Å². The fourth-order valence-electron chi connectivity index (χ4n) is 1.33. The van der Waals surface area contributed by atoms with Crippen molar-refractivity contribution in [1.82, 2.24) is 4.72 Å². The van der Waals surface area contributed by atoms with E-state index in [0.29, 0.717) is 5.56 Å². The first kappa shape index (κ1) is 13.1. The molecule has 1 aromatic carbocycles. The van der Waals surface area contributed by atoms with E-state index in [1.54, 1.807) is 19.9 Å². The Bertz CT molecular complexity index is 453. The van der Waals surface area contributed by atoms with Crippen molar-refractivity contribution < 1.29 is 12.8 Å². The number of sulfonamides is 1. The third-order valence-electron chi connectivity index (χ3n) is 2.14. The minimum Gasteiger partial charge on any atom is -0.329 e. The Labute approximate surface area is 94.7 Å². The Morgan fingerprint density at radius 1 is 1.50 bits per heavy atom. The van der Waals surface area contributed by atoms with Gasteiger partial charge >= 0.3 is 0 Å². The molecule has 0 radical (unpaired) electrons. The lowest BCUT2D eigenvalue weighted by atomic mass is 10.2. The molecule has 0 aliphatic heterocycles. The van der Waals surface area contributed by atoms with Crippen LogP contribution in [0.15, 0.2) is 23.1 Å². The fourth-order valence-corrected chi connectivity index (χ4v) is 2.89. The maximum absolute atomic E-state index is 13.5. The number of nitrogens with one attached hydrogen (secondary N) is 1. The number of hydrogen-bond donors (Lipinski definition) is 2. The molecule has 4 nitrogen and oxygen atoms in total. The molecule has 0 fully saturated rings. The van der Waals surface area contributed by atoms with Crippen molar-refractivity contribution in [2.75, 3.05) is 6.54 Å². The van der Waals surface area contributed by atoms with Crippen LogP contribution in [0.5, 0.6) is 0 Å². The zero-order valence-electron chi connectivity index (χ0n) is 9.20. The van der Waals surface area contributed by atoms with Gasteiger partial charge in [-0.25, -0.2) is 17.5 Å². The highest BCUT2D eigenvalue weighted by molar-refractivity contribution is 7.89. The summed E-state index contributed by atoms with van der Waals surface area (Å²) in [5.74, 6) is -0.753. The molecular weight excluding hydrogens is 231 g/mol. The summed E-state index contributed by atoms with van der Waals surface area (Å²) in [4.78, 5) is -0.310. The Morgan fingerprint density at radius 2 is 2.12 bits per heavy atom. The summed E-state index contributed by atoms with van der Waals surface area (Å²) in [6.45, 7) is 3.32. The van der Waals surface area contributed by atoms with E-state index in [2.05, 4.69) is 4.72 Å². The van der Waals surface area contributed by atoms with Crippen molar-refractivity contribution in [3.05, 3.63) is 29.6 Å².